The Morgan fingerprint density at radius 2 is 1.69 bits per heavy atom. The van der Waals surface area contributed by atoms with Gasteiger partial charge in [-0.3, -0.25) is 4.79 Å². The van der Waals surface area contributed by atoms with E-state index in [1.165, 1.54) is 17.0 Å². The summed E-state index contributed by atoms with van der Waals surface area (Å²) in [7, 11) is 1.58. The van der Waals surface area contributed by atoms with Crippen LogP contribution in [0.2, 0.25) is 0 Å². The lowest BCUT2D eigenvalue weighted by atomic mass is 10.2. The van der Waals surface area contributed by atoms with Crippen LogP contribution in [0.25, 0.3) is 33.5 Å². The molecule has 0 aliphatic rings. The normalized spacial score (nSPS) is 11.4. The average molecular weight is 520 g/mol. The molecule has 0 aliphatic heterocycles. The summed E-state index contributed by atoms with van der Waals surface area (Å²) in [6.07, 6.45) is 1.52. The highest BCUT2D eigenvalue weighted by molar-refractivity contribution is 5.89. The van der Waals surface area contributed by atoms with Gasteiger partial charge in [-0.25, -0.2) is 9.37 Å². The summed E-state index contributed by atoms with van der Waals surface area (Å²) in [5.74, 6) is 1.38. The molecule has 8 heteroatoms. The van der Waals surface area contributed by atoms with E-state index in [1.807, 2.05) is 36.4 Å². The smallest absolute Gasteiger partial charge is 0.282 e. The minimum atomic E-state index is -0.357. The Hall–Kier alpha value is -5.24. The predicted octanol–water partition coefficient (Wildman–Crippen LogP) is 6.42. The first-order valence-corrected chi connectivity index (χ1v) is 12.2. The van der Waals surface area contributed by atoms with Crippen molar-refractivity contribution in [2.75, 3.05) is 7.11 Å². The predicted molar refractivity (Wildman–Crippen MR) is 148 cm³/mol. The Kier molecular flexibility index (Phi) is 6.34. The standard InChI is InChI=1S/C31H22FN3O4/c1-37-27-15-8-16-28-23(27)17-29(39-28)30-34-25-13-6-4-11-22(25)31(36)35(30)33-18-20-9-3-7-14-26(20)38-19-21-10-2-5-12-24(21)32/h2-18H,19H2,1H3. The number of ether oxygens (including phenoxy) is 2. The first-order chi connectivity index (χ1) is 19.1. The Labute approximate surface area is 222 Å². The molecule has 0 saturated heterocycles. The van der Waals surface area contributed by atoms with E-state index >= 15 is 0 Å². The van der Waals surface area contributed by atoms with Crippen molar-refractivity contribution in [2.45, 2.75) is 6.61 Å². The van der Waals surface area contributed by atoms with Gasteiger partial charge in [0, 0.05) is 11.1 Å². The van der Waals surface area contributed by atoms with Crippen LogP contribution in [-0.4, -0.2) is 23.0 Å². The number of halogens is 1. The van der Waals surface area contributed by atoms with E-state index in [-0.39, 0.29) is 23.8 Å². The van der Waals surface area contributed by atoms with Crippen molar-refractivity contribution in [3.05, 3.63) is 124 Å². The second-order valence-electron chi connectivity index (χ2n) is 8.71. The molecule has 2 aromatic heterocycles. The summed E-state index contributed by atoms with van der Waals surface area (Å²) in [4.78, 5) is 18.3. The van der Waals surface area contributed by atoms with Crippen molar-refractivity contribution in [2.24, 2.45) is 5.10 Å². The summed E-state index contributed by atoms with van der Waals surface area (Å²) in [6.45, 7) is 0.0427. The quantitative estimate of drug-likeness (QED) is 0.228. The van der Waals surface area contributed by atoms with E-state index < -0.39 is 0 Å². The van der Waals surface area contributed by atoms with Gasteiger partial charge < -0.3 is 13.9 Å². The van der Waals surface area contributed by atoms with Gasteiger partial charge in [0.15, 0.2) is 5.76 Å². The van der Waals surface area contributed by atoms with Crippen LogP contribution in [0.4, 0.5) is 4.39 Å². The number of para-hydroxylation sites is 2. The molecule has 0 bridgehead atoms. The van der Waals surface area contributed by atoms with Crippen molar-refractivity contribution < 1.29 is 18.3 Å². The molecule has 0 radical (unpaired) electrons. The van der Waals surface area contributed by atoms with Crippen LogP contribution in [-0.2, 0) is 6.61 Å². The molecule has 0 spiro atoms. The lowest BCUT2D eigenvalue weighted by molar-refractivity contribution is 0.299. The third-order valence-corrected chi connectivity index (χ3v) is 6.29. The zero-order chi connectivity index (χ0) is 26.8. The minimum Gasteiger partial charge on any atom is -0.496 e. The minimum absolute atomic E-state index is 0.0427. The van der Waals surface area contributed by atoms with Crippen LogP contribution in [0.1, 0.15) is 11.1 Å². The molecule has 0 unspecified atom stereocenters. The second kappa shape index (κ2) is 10.3. The largest absolute Gasteiger partial charge is 0.496 e. The zero-order valence-corrected chi connectivity index (χ0v) is 20.9. The summed E-state index contributed by atoms with van der Waals surface area (Å²) in [5.41, 5.74) is 1.79. The first kappa shape index (κ1) is 24.1. The highest BCUT2D eigenvalue weighted by atomic mass is 19.1. The topological polar surface area (TPSA) is 78.9 Å². The molecule has 0 atom stereocenters. The van der Waals surface area contributed by atoms with Crippen LogP contribution < -0.4 is 15.0 Å². The van der Waals surface area contributed by atoms with Gasteiger partial charge in [0.2, 0.25) is 5.82 Å². The number of furan rings is 1. The van der Waals surface area contributed by atoms with E-state index in [9.17, 15) is 9.18 Å². The monoisotopic (exact) mass is 519 g/mol. The molecule has 0 saturated carbocycles. The van der Waals surface area contributed by atoms with Crippen molar-refractivity contribution >= 4 is 28.1 Å². The fourth-order valence-corrected chi connectivity index (χ4v) is 4.32. The van der Waals surface area contributed by atoms with Gasteiger partial charge >= 0.3 is 0 Å². The van der Waals surface area contributed by atoms with Gasteiger partial charge in [0.1, 0.15) is 29.5 Å². The number of benzene rings is 4. The lowest BCUT2D eigenvalue weighted by Crippen LogP contribution is -2.20. The Bertz CT molecular complexity index is 1910. The molecule has 0 N–H and O–H groups in total. The summed E-state index contributed by atoms with van der Waals surface area (Å²) in [5, 5.41) is 5.68. The molecule has 39 heavy (non-hydrogen) atoms. The SMILES string of the molecule is COc1cccc2oc(-c3nc4ccccc4c(=O)n3N=Cc3ccccc3OCc3ccccc3F)cc12. The number of nitrogens with zero attached hydrogens (tertiary/aromatic N) is 3. The molecule has 4 aromatic carbocycles. The van der Waals surface area contributed by atoms with Crippen molar-refractivity contribution in [3.63, 3.8) is 0 Å². The molecule has 6 rings (SSSR count). The van der Waals surface area contributed by atoms with Gasteiger partial charge in [-0.05, 0) is 48.5 Å². The van der Waals surface area contributed by atoms with Gasteiger partial charge in [-0.1, -0.05) is 48.5 Å². The number of hydrogen-bond acceptors (Lipinski definition) is 6. The average Bonchev–Trinajstić information content (AvgIpc) is 3.41. The second-order valence-corrected chi connectivity index (χ2v) is 8.71. The third-order valence-electron chi connectivity index (χ3n) is 6.29. The van der Waals surface area contributed by atoms with E-state index in [0.29, 0.717) is 44.9 Å². The maximum absolute atomic E-state index is 14.1. The van der Waals surface area contributed by atoms with E-state index in [2.05, 4.69) is 5.10 Å². The molecule has 0 amide bonds. The van der Waals surface area contributed by atoms with Crippen LogP contribution in [0.15, 0.2) is 111 Å². The zero-order valence-electron chi connectivity index (χ0n) is 20.9. The number of methoxy groups -OCH3 is 1. The summed E-state index contributed by atoms with van der Waals surface area (Å²) in [6, 6.07) is 27.9. The van der Waals surface area contributed by atoms with E-state index in [4.69, 9.17) is 18.9 Å². The summed E-state index contributed by atoms with van der Waals surface area (Å²) < 4.78 is 32.8. The molecular formula is C31H22FN3O4. The van der Waals surface area contributed by atoms with Crippen LogP contribution in [0, 0.1) is 5.82 Å². The number of hydrogen-bond donors (Lipinski definition) is 0. The maximum Gasteiger partial charge on any atom is 0.282 e. The van der Waals surface area contributed by atoms with Crippen molar-refractivity contribution in [1.29, 1.82) is 0 Å². The molecule has 0 aliphatic carbocycles. The molecule has 7 nitrogen and oxygen atoms in total. The third kappa shape index (κ3) is 4.64. The van der Waals surface area contributed by atoms with Crippen LogP contribution in [0.3, 0.4) is 0 Å². The maximum atomic E-state index is 14.1. The molecule has 2 heterocycles. The number of fused-ring (bicyclic) bond motifs is 2. The van der Waals surface area contributed by atoms with Gasteiger partial charge in [-0.15, -0.1) is 0 Å². The first-order valence-electron chi connectivity index (χ1n) is 12.2. The van der Waals surface area contributed by atoms with Crippen LogP contribution >= 0.6 is 0 Å². The van der Waals surface area contributed by atoms with Crippen LogP contribution in [0.5, 0.6) is 11.5 Å². The lowest BCUT2D eigenvalue weighted by Gasteiger charge is -2.10. The van der Waals surface area contributed by atoms with Crippen molar-refractivity contribution in [3.8, 4) is 23.1 Å². The Morgan fingerprint density at radius 1 is 0.923 bits per heavy atom. The number of rotatable bonds is 7. The number of aromatic nitrogens is 2. The Balaban J connectivity index is 1.44. The summed E-state index contributed by atoms with van der Waals surface area (Å²) >= 11 is 0. The van der Waals surface area contributed by atoms with Gasteiger partial charge in [0.05, 0.1) is 29.6 Å². The van der Waals surface area contributed by atoms with E-state index in [1.54, 1.807) is 61.7 Å². The molecule has 0 fully saturated rings. The molecule has 6 aromatic rings. The highest BCUT2D eigenvalue weighted by Gasteiger charge is 2.18. The van der Waals surface area contributed by atoms with Crippen molar-refractivity contribution in [1.82, 2.24) is 9.66 Å². The Morgan fingerprint density at radius 3 is 2.56 bits per heavy atom. The fourth-order valence-electron chi connectivity index (χ4n) is 4.32. The molecular weight excluding hydrogens is 497 g/mol. The van der Waals surface area contributed by atoms with Gasteiger partial charge in [-0.2, -0.15) is 9.78 Å². The van der Waals surface area contributed by atoms with E-state index in [0.717, 1.165) is 5.39 Å². The molecule has 192 valence electrons. The van der Waals surface area contributed by atoms with Gasteiger partial charge in [0.25, 0.3) is 5.56 Å². The fraction of sp³-hybridized carbons (Fsp3) is 0.0645. The highest BCUT2D eigenvalue weighted by Crippen LogP contribution is 2.33.